The Morgan fingerprint density at radius 2 is 1.83 bits per heavy atom. The third kappa shape index (κ3) is 6.26. The van der Waals surface area contributed by atoms with Crippen LogP contribution in [-0.2, 0) is 19.2 Å². The van der Waals surface area contributed by atoms with E-state index < -0.39 is 42.0 Å². The molecular weight excluding hydrogens is 452 g/mol. The normalized spacial score (nSPS) is 19.1. The number of carbonyl (C=O) groups excluding carboxylic acids is 5. The van der Waals surface area contributed by atoms with Crippen LogP contribution >= 0.6 is 0 Å². The molecule has 0 spiro atoms. The number of Topliss-reactive ketones (excluding diaryl/α,β-unsaturated/α-hetero) is 1. The van der Waals surface area contributed by atoms with Gasteiger partial charge in [0.15, 0.2) is 5.76 Å². The number of amides is 4. The van der Waals surface area contributed by atoms with Gasteiger partial charge in [-0.15, -0.1) is 0 Å². The molecule has 4 N–H and O–H groups in total. The smallest absolute Gasteiger partial charge is 0.289 e. The maximum atomic E-state index is 12.9. The van der Waals surface area contributed by atoms with E-state index in [1.807, 2.05) is 6.07 Å². The second kappa shape index (κ2) is 11.2. The summed E-state index contributed by atoms with van der Waals surface area (Å²) in [6.07, 6.45) is 5.26. The van der Waals surface area contributed by atoms with Crippen LogP contribution < -0.4 is 21.3 Å². The van der Waals surface area contributed by atoms with Crippen LogP contribution in [0.2, 0.25) is 0 Å². The van der Waals surface area contributed by atoms with Crippen LogP contribution in [0.4, 0.5) is 0 Å². The fraction of sp³-hybridized carbons (Fsp3) is 0.480. The average molecular weight is 483 g/mol. The Bertz CT molecular complexity index is 1090. The van der Waals surface area contributed by atoms with E-state index in [2.05, 4.69) is 21.3 Å². The van der Waals surface area contributed by atoms with Crippen molar-refractivity contribution in [3.05, 3.63) is 36.1 Å². The van der Waals surface area contributed by atoms with Crippen molar-refractivity contribution in [3.8, 4) is 0 Å². The first kappa shape index (κ1) is 24.4. The first-order chi connectivity index (χ1) is 16.9. The van der Waals surface area contributed by atoms with E-state index in [0.717, 1.165) is 37.5 Å². The Morgan fingerprint density at radius 3 is 2.54 bits per heavy atom. The first-order valence-corrected chi connectivity index (χ1v) is 12.1. The number of para-hydroxylation sites is 1. The number of ketones is 1. The molecule has 10 nitrogen and oxygen atoms in total. The molecular formula is C25H30N4O6. The highest BCUT2D eigenvalue weighted by Gasteiger charge is 2.34. The summed E-state index contributed by atoms with van der Waals surface area (Å²) in [5, 5.41) is 11.2. The molecule has 1 aromatic heterocycles. The van der Waals surface area contributed by atoms with Gasteiger partial charge in [0.05, 0.1) is 12.6 Å². The number of rotatable bonds is 9. The lowest BCUT2D eigenvalue weighted by molar-refractivity contribution is -0.141. The third-order valence-electron chi connectivity index (χ3n) is 6.56. The van der Waals surface area contributed by atoms with Gasteiger partial charge in [-0.25, -0.2) is 0 Å². The van der Waals surface area contributed by atoms with Crippen LogP contribution in [0.25, 0.3) is 11.0 Å². The summed E-state index contributed by atoms with van der Waals surface area (Å²) < 4.78 is 5.49. The fourth-order valence-corrected chi connectivity index (χ4v) is 4.63. The molecule has 2 atom stereocenters. The van der Waals surface area contributed by atoms with Crippen LogP contribution in [0, 0.1) is 5.92 Å². The van der Waals surface area contributed by atoms with Gasteiger partial charge in [-0.1, -0.05) is 37.5 Å². The number of fused-ring (bicyclic) bond motifs is 1. The summed E-state index contributed by atoms with van der Waals surface area (Å²) in [7, 11) is 0. The van der Waals surface area contributed by atoms with Crippen LogP contribution in [0.15, 0.2) is 34.7 Å². The lowest BCUT2D eigenvalue weighted by atomic mass is 9.93. The molecule has 2 fully saturated rings. The predicted octanol–water partition coefficient (Wildman–Crippen LogP) is 1.19. The van der Waals surface area contributed by atoms with Crippen molar-refractivity contribution in [3.63, 3.8) is 0 Å². The molecule has 2 heterocycles. The highest BCUT2D eigenvalue weighted by Crippen LogP contribution is 2.20. The average Bonchev–Trinajstić information content (AvgIpc) is 3.48. The standard InChI is InChI=1S/C25H30N4O6/c30-21(14-27-24(33)20-13-15-6-4-5-9-19(15)35-20)29-18(12-16-10-11-26-23(16)32)22(31)25(34)28-17-7-2-1-3-8-17/h4-6,9,13,16-18H,1-3,7-8,10-12,14H2,(H,26,32)(H,27,33)(H,28,34)(H,29,30). The van der Waals surface area contributed by atoms with Crippen LogP contribution in [-0.4, -0.2) is 54.6 Å². The largest absolute Gasteiger partial charge is 0.451 e. The highest BCUT2D eigenvalue weighted by molar-refractivity contribution is 6.38. The zero-order valence-corrected chi connectivity index (χ0v) is 19.4. The van der Waals surface area contributed by atoms with E-state index in [1.54, 1.807) is 24.3 Å². The van der Waals surface area contributed by atoms with Crippen molar-refractivity contribution < 1.29 is 28.4 Å². The molecule has 0 radical (unpaired) electrons. The van der Waals surface area contributed by atoms with Gasteiger partial charge in [-0.05, 0) is 37.8 Å². The van der Waals surface area contributed by atoms with Crippen LogP contribution in [0.1, 0.15) is 55.5 Å². The molecule has 1 aromatic carbocycles. The maximum absolute atomic E-state index is 12.9. The van der Waals surface area contributed by atoms with Crippen molar-refractivity contribution in [2.75, 3.05) is 13.1 Å². The summed E-state index contributed by atoms with van der Waals surface area (Å²) in [6.45, 7) is 0.0704. The maximum Gasteiger partial charge on any atom is 0.289 e. The van der Waals surface area contributed by atoms with Gasteiger partial charge in [0, 0.05) is 23.9 Å². The molecule has 1 saturated carbocycles. The van der Waals surface area contributed by atoms with E-state index in [1.165, 1.54) is 0 Å². The molecule has 1 aliphatic heterocycles. The number of furan rings is 1. The Morgan fingerprint density at radius 1 is 1.06 bits per heavy atom. The molecule has 2 aliphatic rings. The monoisotopic (exact) mass is 482 g/mol. The van der Waals surface area contributed by atoms with Crippen molar-refractivity contribution in [1.82, 2.24) is 21.3 Å². The van der Waals surface area contributed by atoms with Gasteiger partial charge in [0.2, 0.25) is 17.6 Å². The lowest BCUT2D eigenvalue weighted by Gasteiger charge is -2.24. The second-order valence-corrected chi connectivity index (χ2v) is 9.14. The van der Waals surface area contributed by atoms with Gasteiger partial charge in [0.25, 0.3) is 11.8 Å². The Labute approximate surface area is 202 Å². The molecule has 1 saturated heterocycles. The number of carbonyl (C=O) groups is 5. The van der Waals surface area contributed by atoms with E-state index in [0.29, 0.717) is 18.5 Å². The van der Waals surface area contributed by atoms with E-state index >= 15 is 0 Å². The van der Waals surface area contributed by atoms with E-state index in [9.17, 15) is 24.0 Å². The minimum atomic E-state index is -1.16. The minimum Gasteiger partial charge on any atom is -0.451 e. The Balaban J connectivity index is 1.36. The fourth-order valence-electron chi connectivity index (χ4n) is 4.63. The molecule has 186 valence electrons. The molecule has 2 unspecified atom stereocenters. The van der Waals surface area contributed by atoms with Gasteiger partial charge in [-0.3, -0.25) is 24.0 Å². The molecule has 2 aromatic rings. The van der Waals surface area contributed by atoms with Crippen molar-refractivity contribution in [1.29, 1.82) is 0 Å². The minimum absolute atomic E-state index is 0.0199. The molecule has 4 amide bonds. The van der Waals surface area contributed by atoms with Crippen molar-refractivity contribution >= 4 is 40.4 Å². The summed E-state index contributed by atoms with van der Waals surface area (Å²) in [5.41, 5.74) is 0.548. The highest BCUT2D eigenvalue weighted by atomic mass is 16.3. The second-order valence-electron chi connectivity index (χ2n) is 9.14. The molecule has 1 aliphatic carbocycles. The number of benzene rings is 1. The summed E-state index contributed by atoms with van der Waals surface area (Å²) >= 11 is 0. The van der Waals surface area contributed by atoms with Gasteiger partial charge < -0.3 is 25.7 Å². The Hall–Kier alpha value is -3.69. The van der Waals surface area contributed by atoms with Crippen LogP contribution in [0.5, 0.6) is 0 Å². The van der Waals surface area contributed by atoms with Crippen LogP contribution in [0.3, 0.4) is 0 Å². The number of hydrogen-bond donors (Lipinski definition) is 4. The molecule has 10 heteroatoms. The van der Waals surface area contributed by atoms with E-state index in [-0.39, 0.29) is 24.1 Å². The van der Waals surface area contributed by atoms with Gasteiger partial charge >= 0.3 is 0 Å². The van der Waals surface area contributed by atoms with Gasteiger partial charge in [-0.2, -0.15) is 0 Å². The number of nitrogens with one attached hydrogen (secondary N) is 4. The zero-order valence-electron chi connectivity index (χ0n) is 19.4. The first-order valence-electron chi connectivity index (χ1n) is 12.1. The molecule has 0 bridgehead atoms. The topological polar surface area (TPSA) is 147 Å². The lowest BCUT2D eigenvalue weighted by Crippen LogP contribution is -2.52. The summed E-state index contributed by atoms with van der Waals surface area (Å²) in [4.78, 5) is 62.6. The summed E-state index contributed by atoms with van der Waals surface area (Å²) in [6, 6.07) is 7.48. The number of hydrogen-bond acceptors (Lipinski definition) is 6. The van der Waals surface area contributed by atoms with Gasteiger partial charge in [0.1, 0.15) is 5.58 Å². The zero-order chi connectivity index (χ0) is 24.8. The molecule has 4 rings (SSSR count). The quantitative estimate of drug-likeness (QED) is 0.395. The van der Waals surface area contributed by atoms with E-state index in [4.69, 9.17) is 4.42 Å². The SMILES string of the molecule is O=C(CNC(=O)c1cc2ccccc2o1)NC(CC1CCNC1=O)C(=O)C(=O)NC1CCCCC1. The molecule has 35 heavy (non-hydrogen) atoms. The Kier molecular flexibility index (Phi) is 7.79. The summed E-state index contributed by atoms with van der Waals surface area (Å²) in [5.74, 6) is -3.39. The van der Waals surface area contributed by atoms with Crippen molar-refractivity contribution in [2.45, 2.75) is 57.0 Å². The van der Waals surface area contributed by atoms with Crippen molar-refractivity contribution in [2.24, 2.45) is 5.92 Å². The predicted molar refractivity (Wildman–Crippen MR) is 126 cm³/mol. The third-order valence-corrected chi connectivity index (χ3v) is 6.56.